The Balaban J connectivity index is 0. The van der Waals surface area contributed by atoms with E-state index in [1.54, 1.807) is 0 Å². The Morgan fingerprint density at radius 3 is 2.18 bits per heavy atom. The molecule has 0 saturated heterocycles. The van der Waals surface area contributed by atoms with E-state index < -0.39 is 0 Å². The maximum absolute atomic E-state index is 7.13. The average Bonchev–Trinajstić information content (AvgIpc) is 3.13. The van der Waals surface area contributed by atoms with E-state index in [-0.39, 0.29) is 0 Å². The first kappa shape index (κ1) is 22.0. The number of nitrogens with one attached hydrogen (secondary N) is 1. The van der Waals surface area contributed by atoms with Gasteiger partial charge in [0.1, 0.15) is 31.3 Å². The number of aryl methyl sites for hydroxylation is 2. The quantitative estimate of drug-likeness (QED) is 0.404. The minimum absolute atomic E-state index is 0.878. The van der Waals surface area contributed by atoms with Gasteiger partial charge in [0, 0.05) is 0 Å². The molecule has 0 bridgehead atoms. The number of aromatic amines is 1. The number of allylic oxidation sites excluding steroid dienone is 1. The molecular formula is C14H20N6S2. The molecule has 6 nitrogen and oxygen atoms in total. The first-order valence-corrected chi connectivity index (χ1v) is 7.07. The fraction of sp³-hybridized carbons (Fsp3) is 0.286. The SMILES string of the molecule is C=CC[n+]1cc[nH]c1.CCn1cc[n+](C)c1.[N-]=C=S.[N-]=C=S. The molecule has 0 spiro atoms. The van der Waals surface area contributed by atoms with E-state index in [4.69, 9.17) is 10.8 Å². The molecule has 0 unspecified atom stereocenters. The number of imidazole rings is 2. The molecule has 0 radical (unpaired) electrons. The summed E-state index contributed by atoms with van der Waals surface area (Å²) in [5, 5.41) is 16.9. The predicted molar refractivity (Wildman–Crippen MR) is 94.4 cm³/mol. The van der Waals surface area contributed by atoms with Crippen molar-refractivity contribution in [1.82, 2.24) is 9.55 Å². The van der Waals surface area contributed by atoms with Gasteiger partial charge in [0.2, 0.25) is 12.7 Å². The average molecular weight is 336 g/mol. The summed E-state index contributed by atoms with van der Waals surface area (Å²) in [4.78, 5) is 2.93. The monoisotopic (exact) mass is 336 g/mol. The second-order valence-corrected chi connectivity index (χ2v) is 4.05. The van der Waals surface area contributed by atoms with Crippen LogP contribution in [0.15, 0.2) is 50.1 Å². The molecule has 0 atom stereocenters. The predicted octanol–water partition coefficient (Wildman–Crippen LogP) is 2.14. The Hall–Kier alpha value is -2.24. The van der Waals surface area contributed by atoms with Crippen molar-refractivity contribution in [3.8, 4) is 0 Å². The van der Waals surface area contributed by atoms with E-state index in [0.717, 1.165) is 13.1 Å². The summed E-state index contributed by atoms with van der Waals surface area (Å²) in [7, 11) is 2.02. The zero-order valence-electron chi connectivity index (χ0n) is 12.7. The lowest BCUT2D eigenvalue weighted by Gasteiger charge is -1.81. The fourth-order valence-corrected chi connectivity index (χ4v) is 1.27. The van der Waals surface area contributed by atoms with Gasteiger partial charge in [-0.15, -0.1) is 0 Å². The number of hydrogen-bond donors (Lipinski definition) is 1. The van der Waals surface area contributed by atoms with E-state index >= 15 is 0 Å². The van der Waals surface area contributed by atoms with Gasteiger partial charge in [-0.1, -0.05) is 37.1 Å². The molecule has 8 heteroatoms. The Morgan fingerprint density at radius 2 is 1.91 bits per heavy atom. The van der Waals surface area contributed by atoms with Gasteiger partial charge in [-0.3, -0.25) is 4.98 Å². The normalized spacial score (nSPS) is 7.55. The molecule has 0 fully saturated rings. The molecule has 0 aliphatic carbocycles. The van der Waals surface area contributed by atoms with Crippen LogP contribution in [-0.4, -0.2) is 19.9 Å². The molecule has 2 rings (SSSR count). The van der Waals surface area contributed by atoms with Crippen LogP contribution in [0.2, 0.25) is 0 Å². The summed E-state index contributed by atoms with van der Waals surface area (Å²) in [5.74, 6) is 0. The Bertz CT molecular complexity index is 550. The van der Waals surface area contributed by atoms with E-state index in [1.807, 2.05) is 47.2 Å². The van der Waals surface area contributed by atoms with Crippen LogP contribution < -0.4 is 9.13 Å². The molecule has 22 heavy (non-hydrogen) atoms. The number of nitrogens with zero attached hydrogens (tertiary/aromatic N) is 5. The Labute approximate surface area is 141 Å². The molecule has 0 aliphatic heterocycles. The lowest BCUT2D eigenvalue weighted by Crippen LogP contribution is -2.28. The second kappa shape index (κ2) is 16.8. The summed E-state index contributed by atoms with van der Waals surface area (Å²) < 4.78 is 6.16. The standard InChI is InChI=1S/C6H11N2.C6H8N2.2CNS/c1-3-8-5-4-7(2)6-8;1-2-4-8-5-3-7-6-8;2*2-1-3/h4-6H,3H2,1-2H3;2-3,5-6H,1,4H2;;/q+1;;2*-1/p+1. The van der Waals surface area contributed by atoms with Gasteiger partial charge in [0.05, 0.1) is 13.6 Å². The van der Waals surface area contributed by atoms with Crippen molar-refractivity contribution in [2.45, 2.75) is 20.0 Å². The number of rotatable bonds is 3. The third kappa shape index (κ3) is 14.2. The van der Waals surface area contributed by atoms with Crippen molar-refractivity contribution in [1.29, 1.82) is 0 Å². The van der Waals surface area contributed by atoms with Crippen LogP contribution in [0.5, 0.6) is 0 Å². The largest absolute Gasteiger partial charge is 0.753 e. The van der Waals surface area contributed by atoms with E-state index in [2.05, 4.69) is 60.0 Å². The molecule has 118 valence electrons. The van der Waals surface area contributed by atoms with Gasteiger partial charge < -0.3 is 10.8 Å². The first-order chi connectivity index (χ1) is 10.6. The first-order valence-electron chi connectivity index (χ1n) is 6.25. The van der Waals surface area contributed by atoms with Gasteiger partial charge in [-0.05, 0) is 6.92 Å². The van der Waals surface area contributed by atoms with E-state index in [9.17, 15) is 0 Å². The summed E-state index contributed by atoms with van der Waals surface area (Å²) in [6, 6.07) is 0. The zero-order valence-corrected chi connectivity index (χ0v) is 14.3. The summed E-state index contributed by atoms with van der Waals surface area (Å²) in [5.41, 5.74) is 0. The summed E-state index contributed by atoms with van der Waals surface area (Å²) in [6.45, 7) is 7.66. The van der Waals surface area contributed by atoms with Crippen LogP contribution in [0.25, 0.3) is 10.8 Å². The number of aromatic nitrogens is 4. The van der Waals surface area contributed by atoms with Crippen molar-refractivity contribution >= 4 is 34.8 Å². The molecular weight excluding hydrogens is 316 g/mol. The maximum atomic E-state index is 7.13. The minimum atomic E-state index is 0.878. The zero-order chi connectivity index (χ0) is 17.2. The Kier molecular flexibility index (Phi) is 16.8. The van der Waals surface area contributed by atoms with Crippen molar-refractivity contribution in [2.75, 3.05) is 0 Å². The minimum Gasteiger partial charge on any atom is -0.753 e. The van der Waals surface area contributed by atoms with Gasteiger partial charge >= 0.3 is 0 Å². The van der Waals surface area contributed by atoms with Crippen LogP contribution in [0, 0.1) is 0 Å². The van der Waals surface area contributed by atoms with Crippen LogP contribution >= 0.6 is 24.4 Å². The van der Waals surface area contributed by atoms with Crippen LogP contribution in [0.1, 0.15) is 6.92 Å². The molecule has 0 saturated carbocycles. The number of isothiocyanates is 2. The Morgan fingerprint density at radius 1 is 1.32 bits per heavy atom. The number of H-pyrrole nitrogens is 1. The highest BCUT2D eigenvalue weighted by atomic mass is 32.1. The molecule has 2 aromatic rings. The fourth-order valence-electron chi connectivity index (χ4n) is 1.27. The smallest absolute Gasteiger partial charge is 0.243 e. The highest BCUT2D eigenvalue weighted by Crippen LogP contribution is 1.79. The van der Waals surface area contributed by atoms with Crippen molar-refractivity contribution in [3.05, 3.63) is 60.9 Å². The molecule has 2 aromatic heterocycles. The number of hydrogen-bond acceptors (Lipinski definition) is 2. The van der Waals surface area contributed by atoms with Gasteiger partial charge in [0.15, 0.2) is 0 Å². The maximum Gasteiger partial charge on any atom is 0.243 e. The topological polar surface area (TPSA) is 73.1 Å². The highest BCUT2D eigenvalue weighted by Gasteiger charge is 1.92. The summed E-state index contributed by atoms with van der Waals surface area (Å²) in [6.07, 6.45) is 13.7. The van der Waals surface area contributed by atoms with Crippen molar-refractivity contribution in [3.63, 3.8) is 0 Å². The second-order valence-electron chi connectivity index (χ2n) is 3.69. The lowest BCUT2D eigenvalue weighted by atomic mass is 10.6. The van der Waals surface area contributed by atoms with E-state index in [0.29, 0.717) is 0 Å². The van der Waals surface area contributed by atoms with Crippen molar-refractivity contribution < 1.29 is 9.13 Å². The highest BCUT2D eigenvalue weighted by molar-refractivity contribution is 7.78. The lowest BCUT2D eigenvalue weighted by molar-refractivity contribution is -0.685. The van der Waals surface area contributed by atoms with E-state index in [1.165, 1.54) is 10.3 Å². The van der Waals surface area contributed by atoms with Crippen LogP contribution in [0.4, 0.5) is 0 Å². The molecule has 1 N–H and O–H groups in total. The molecule has 2 heterocycles. The van der Waals surface area contributed by atoms with Crippen LogP contribution in [-0.2, 0) is 20.1 Å². The van der Waals surface area contributed by atoms with Crippen molar-refractivity contribution in [2.24, 2.45) is 7.05 Å². The molecule has 0 aromatic carbocycles. The van der Waals surface area contributed by atoms with Crippen LogP contribution in [0.3, 0.4) is 0 Å². The molecule has 0 aliphatic rings. The number of thiocarbonyl (C=S) groups is 2. The van der Waals surface area contributed by atoms with Gasteiger partial charge in [0.25, 0.3) is 0 Å². The summed E-state index contributed by atoms with van der Waals surface area (Å²) >= 11 is 7.40. The molecule has 0 amide bonds. The van der Waals surface area contributed by atoms with Gasteiger partial charge in [-0.2, -0.15) is 10.3 Å². The third-order valence-electron chi connectivity index (χ3n) is 2.13. The van der Waals surface area contributed by atoms with Gasteiger partial charge in [-0.25, -0.2) is 13.7 Å². The third-order valence-corrected chi connectivity index (χ3v) is 2.13.